The molecule has 5 atom stereocenters. The summed E-state index contributed by atoms with van der Waals surface area (Å²) in [4.78, 5) is 78.8. The molecule has 4 aromatic rings. The third-order valence-corrected chi connectivity index (χ3v) is 13.5. The number of nitrogens with zero attached hydrogens (tertiary/aromatic N) is 6. The fraction of sp³-hybridized carbons (Fsp3) is 0.529. The van der Waals surface area contributed by atoms with Crippen LogP contribution in [0.1, 0.15) is 77.3 Å². The van der Waals surface area contributed by atoms with Gasteiger partial charge in [0.15, 0.2) is 0 Å². The first kappa shape index (κ1) is 49.9. The Bertz CT molecular complexity index is 2540. The summed E-state index contributed by atoms with van der Waals surface area (Å²) in [5, 5.41) is 19.7. The average Bonchev–Trinajstić information content (AvgIpc) is 4.13. The number of carbonyl (C=O) groups excluding carboxylic acids is 5. The molecule has 68 heavy (non-hydrogen) atoms. The van der Waals surface area contributed by atoms with E-state index in [1.54, 1.807) is 51.5 Å². The number of phenols is 1. The van der Waals surface area contributed by atoms with E-state index in [2.05, 4.69) is 59.6 Å². The smallest absolute Gasteiger partial charge is 0.324 e. The summed E-state index contributed by atoms with van der Waals surface area (Å²) in [6.07, 6.45) is 2.95. The van der Waals surface area contributed by atoms with Crippen LogP contribution in [0.3, 0.4) is 0 Å². The Kier molecular flexibility index (Phi) is 15.2. The highest BCUT2D eigenvalue weighted by atomic mass is 16.5. The van der Waals surface area contributed by atoms with Crippen LogP contribution in [0.5, 0.6) is 5.75 Å². The third kappa shape index (κ3) is 10.8. The minimum Gasteiger partial charge on any atom is -0.508 e. The zero-order valence-electron chi connectivity index (χ0n) is 41.2. The lowest BCUT2D eigenvalue weighted by atomic mass is 9.84. The lowest BCUT2D eigenvalue weighted by Crippen LogP contribution is -2.62. The summed E-state index contributed by atoms with van der Waals surface area (Å²) in [5.41, 5.74) is 9.51. The molecule has 2 aromatic carbocycles. The van der Waals surface area contributed by atoms with Crippen LogP contribution in [0.25, 0.3) is 33.3 Å². The SMILES string of the molecule is CCn1c(-c2cccnc2[C@H](C)OC)c2c3cc(ccc31)-c1cc(O)cc(c1)C[C@H](NC(=O)[C@H](C(C)C)N(C)C(=O)N(C)CCN(C)C(=O)[C@H]1CN1)C(=O)N1CCC[C@H](N1)C(=O)OCC(C)(C)C2. The van der Waals surface area contributed by atoms with E-state index in [-0.39, 0.29) is 55.8 Å². The van der Waals surface area contributed by atoms with Crippen LogP contribution in [-0.2, 0) is 48.0 Å². The lowest BCUT2D eigenvalue weighted by molar-refractivity contribution is -0.155. The molecule has 6 bridgehead atoms. The van der Waals surface area contributed by atoms with Crippen LogP contribution in [0.2, 0.25) is 0 Å². The summed E-state index contributed by atoms with van der Waals surface area (Å²) < 4.78 is 14.2. The predicted molar refractivity (Wildman–Crippen MR) is 259 cm³/mol. The molecule has 2 aromatic heterocycles. The number of aromatic nitrogens is 2. The second-order valence-corrected chi connectivity index (χ2v) is 19.8. The number of hydrogen-bond acceptors (Lipinski definition) is 11. The number of methoxy groups -OCH3 is 1. The quantitative estimate of drug-likeness (QED) is 0.111. The number of carbonyl (C=O) groups is 5. The molecular formula is C51H69N9O8. The van der Waals surface area contributed by atoms with E-state index in [0.29, 0.717) is 50.0 Å². The number of benzene rings is 2. The summed E-state index contributed by atoms with van der Waals surface area (Å²) in [6.45, 7) is 14.1. The van der Waals surface area contributed by atoms with Gasteiger partial charge >= 0.3 is 12.0 Å². The lowest BCUT2D eigenvalue weighted by Gasteiger charge is -2.37. The van der Waals surface area contributed by atoms with Gasteiger partial charge in [0.2, 0.25) is 11.8 Å². The average molecular weight is 936 g/mol. The predicted octanol–water partition coefficient (Wildman–Crippen LogP) is 4.89. The molecule has 366 valence electrons. The van der Waals surface area contributed by atoms with Gasteiger partial charge in [0, 0.05) is 95.5 Å². The van der Waals surface area contributed by atoms with Crippen molar-refractivity contribution >= 4 is 40.6 Å². The van der Waals surface area contributed by atoms with Crippen LogP contribution < -0.4 is 16.1 Å². The van der Waals surface area contributed by atoms with Gasteiger partial charge in [-0.05, 0) is 97.7 Å². The van der Waals surface area contributed by atoms with Crippen molar-refractivity contribution in [3.05, 3.63) is 71.5 Å². The summed E-state index contributed by atoms with van der Waals surface area (Å²) in [6, 6.07) is 11.8. The highest BCUT2D eigenvalue weighted by Crippen LogP contribution is 2.42. The molecular weight excluding hydrogens is 867 g/mol. The summed E-state index contributed by atoms with van der Waals surface area (Å²) >= 11 is 0. The highest BCUT2D eigenvalue weighted by molar-refractivity contribution is 5.96. The highest BCUT2D eigenvalue weighted by Gasteiger charge is 2.39. The van der Waals surface area contributed by atoms with E-state index in [1.807, 2.05) is 39.0 Å². The maximum absolute atomic E-state index is 14.7. The monoisotopic (exact) mass is 936 g/mol. The van der Waals surface area contributed by atoms with Crippen molar-refractivity contribution in [3.8, 4) is 28.1 Å². The first-order chi connectivity index (χ1) is 32.3. The number of aryl methyl sites for hydroxylation is 1. The molecule has 2 fully saturated rings. The first-order valence-corrected chi connectivity index (χ1v) is 23.8. The molecule has 3 aliphatic heterocycles. The topological polar surface area (TPSA) is 201 Å². The summed E-state index contributed by atoms with van der Waals surface area (Å²) in [5.74, 6) is -1.93. The van der Waals surface area contributed by atoms with Crippen molar-refractivity contribution < 1.29 is 38.6 Å². The molecule has 4 N–H and O–H groups in total. The second-order valence-electron chi connectivity index (χ2n) is 19.8. The first-order valence-electron chi connectivity index (χ1n) is 23.8. The maximum Gasteiger partial charge on any atom is 0.324 e. The number of hydrazine groups is 1. The number of rotatable bonds is 12. The number of pyridine rings is 1. The van der Waals surface area contributed by atoms with Gasteiger partial charge < -0.3 is 44.5 Å². The molecule has 17 nitrogen and oxygen atoms in total. The van der Waals surface area contributed by atoms with E-state index in [9.17, 15) is 29.1 Å². The molecule has 5 heterocycles. The fourth-order valence-corrected chi connectivity index (χ4v) is 9.64. The van der Waals surface area contributed by atoms with Gasteiger partial charge in [-0.15, -0.1) is 0 Å². The Morgan fingerprint density at radius 3 is 2.46 bits per heavy atom. The van der Waals surface area contributed by atoms with Crippen LogP contribution in [0.15, 0.2) is 54.7 Å². The Morgan fingerprint density at radius 2 is 1.76 bits per heavy atom. The van der Waals surface area contributed by atoms with Crippen LogP contribution in [-0.4, -0.2) is 149 Å². The molecule has 17 heteroatoms. The molecule has 0 saturated carbocycles. The fourth-order valence-electron chi connectivity index (χ4n) is 9.64. The molecule has 5 amide bonds. The number of likely N-dealkylation sites (N-methyl/N-ethyl adjacent to an activating group) is 3. The van der Waals surface area contributed by atoms with Crippen molar-refractivity contribution in [3.63, 3.8) is 0 Å². The minimum absolute atomic E-state index is 0.0145. The molecule has 0 aliphatic carbocycles. The van der Waals surface area contributed by atoms with Crippen molar-refractivity contribution in [1.82, 2.24) is 45.3 Å². The number of ether oxygens (including phenoxy) is 2. The third-order valence-electron chi connectivity index (χ3n) is 13.5. The van der Waals surface area contributed by atoms with Crippen molar-refractivity contribution in [2.75, 3.05) is 61.0 Å². The van der Waals surface area contributed by atoms with E-state index in [0.717, 1.165) is 39.0 Å². The van der Waals surface area contributed by atoms with Gasteiger partial charge in [-0.2, -0.15) is 0 Å². The van der Waals surface area contributed by atoms with Crippen LogP contribution >= 0.6 is 0 Å². The van der Waals surface area contributed by atoms with E-state index >= 15 is 0 Å². The second kappa shape index (κ2) is 20.7. The number of hydrogen-bond donors (Lipinski definition) is 4. The Labute approximate surface area is 399 Å². The molecule has 7 rings (SSSR count). The summed E-state index contributed by atoms with van der Waals surface area (Å²) in [7, 11) is 6.54. The van der Waals surface area contributed by atoms with Crippen molar-refractivity contribution in [2.45, 2.75) is 104 Å². The Hall–Kier alpha value is -6.04. The standard InChI is InChI=1S/C51H69N9O8/c1-11-59-42-17-16-33-26-37(42)38(45(59)36-14-12-18-52-43(36)31(4)67-10)27-51(5,6)29-68-49(65)39-15-13-19-60(55-39)48(64)40(24-32-22-34(33)25-35(61)23-32)54-46(62)44(30(2)3)58(9)50(66)57(8)21-20-56(7)47(63)41-28-53-41/h12,14,16-18,22-23,25-26,30-31,39-41,44,53,55,61H,11,13,15,19-21,24,27-29H2,1-10H3,(H,54,62)/t31-,39-,40-,41+,44-/m0/s1. The van der Waals surface area contributed by atoms with Gasteiger partial charge in [-0.25, -0.2) is 10.2 Å². The van der Waals surface area contributed by atoms with Gasteiger partial charge in [0.05, 0.1) is 30.1 Å². The molecule has 0 spiro atoms. The molecule has 0 radical (unpaired) electrons. The molecule has 2 saturated heterocycles. The number of fused-ring (bicyclic) bond motifs is 6. The maximum atomic E-state index is 14.7. The number of esters is 1. The van der Waals surface area contributed by atoms with Crippen LogP contribution in [0, 0.1) is 11.3 Å². The Morgan fingerprint density at radius 1 is 1.03 bits per heavy atom. The van der Waals surface area contributed by atoms with Gasteiger partial charge in [-0.1, -0.05) is 39.8 Å². The Balaban J connectivity index is 1.27. The number of phenolic OH excluding ortho intramolecular Hbond substituents is 1. The van der Waals surface area contributed by atoms with Crippen molar-refractivity contribution in [2.24, 2.45) is 11.3 Å². The van der Waals surface area contributed by atoms with E-state index in [1.165, 1.54) is 14.8 Å². The van der Waals surface area contributed by atoms with Gasteiger partial charge in [-0.3, -0.25) is 29.2 Å². The van der Waals surface area contributed by atoms with E-state index in [4.69, 9.17) is 14.5 Å². The minimum atomic E-state index is -1.17. The zero-order chi connectivity index (χ0) is 49.2. The number of aromatic hydroxyl groups is 1. The van der Waals surface area contributed by atoms with Crippen LogP contribution in [0.4, 0.5) is 4.79 Å². The molecule has 0 unspecified atom stereocenters. The molecule has 3 aliphatic rings. The normalized spacial score (nSPS) is 20.3. The van der Waals surface area contributed by atoms with E-state index < -0.39 is 47.4 Å². The zero-order valence-corrected chi connectivity index (χ0v) is 41.2. The number of nitrogens with one attached hydrogen (secondary N) is 3. The number of cyclic esters (lactones) is 1. The largest absolute Gasteiger partial charge is 0.508 e. The number of urea groups is 1. The van der Waals surface area contributed by atoms with Gasteiger partial charge in [0.25, 0.3) is 5.91 Å². The van der Waals surface area contributed by atoms with Gasteiger partial charge in [0.1, 0.15) is 23.9 Å². The van der Waals surface area contributed by atoms with Crippen molar-refractivity contribution in [1.29, 1.82) is 0 Å². The number of amides is 5.